The van der Waals surface area contributed by atoms with Crippen LogP contribution in [0.15, 0.2) is 41.2 Å². The Morgan fingerprint density at radius 3 is 2.59 bits per heavy atom. The van der Waals surface area contributed by atoms with E-state index in [0.29, 0.717) is 22.6 Å². The number of fused-ring (bicyclic) bond motifs is 1. The van der Waals surface area contributed by atoms with Gasteiger partial charge in [0.15, 0.2) is 0 Å². The first kappa shape index (κ1) is 24.3. The van der Waals surface area contributed by atoms with Gasteiger partial charge in [-0.3, -0.25) is 4.57 Å². The molecular formula is C22H24Cl2FN3O4. The summed E-state index contributed by atoms with van der Waals surface area (Å²) < 4.78 is 20.6. The van der Waals surface area contributed by atoms with Gasteiger partial charge in [-0.2, -0.15) is 0 Å². The number of hydrogen-bond donors (Lipinski definition) is 3. The largest absolute Gasteiger partial charge is 1.00 e. The average molecular weight is 484 g/mol. The summed E-state index contributed by atoms with van der Waals surface area (Å²) in [7, 11) is 1.18. The number of carbonyl (C=O) groups excluding carboxylic acids is 1. The van der Waals surface area contributed by atoms with Crippen LogP contribution in [0.4, 0.5) is 4.39 Å². The summed E-state index contributed by atoms with van der Waals surface area (Å²) in [6.07, 6.45) is 0.844. The molecule has 1 fully saturated rings. The van der Waals surface area contributed by atoms with Crippen LogP contribution in [-0.2, 0) is 4.74 Å². The molecule has 7 nitrogen and oxygen atoms in total. The van der Waals surface area contributed by atoms with Crippen LogP contribution >= 0.6 is 11.6 Å². The molecule has 2 aromatic carbocycles. The molecule has 1 atom stereocenters. The maximum atomic E-state index is 14.4. The Bertz CT molecular complexity index is 1150. The summed E-state index contributed by atoms with van der Waals surface area (Å²) in [6.45, 7) is 2.11. The lowest BCUT2D eigenvalue weighted by Crippen LogP contribution is -3.13. The summed E-state index contributed by atoms with van der Waals surface area (Å²) >= 11 is 5.90. The minimum Gasteiger partial charge on any atom is -1.00 e. The zero-order valence-electron chi connectivity index (χ0n) is 17.4. The number of piperidine rings is 1. The molecule has 0 spiro atoms. The van der Waals surface area contributed by atoms with Gasteiger partial charge in [-0.25, -0.2) is 14.0 Å². The molecule has 32 heavy (non-hydrogen) atoms. The lowest BCUT2D eigenvalue weighted by molar-refractivity contribution is -0.909. The highest BCUT2D eigenvalue weighted by Crippen LogP contribution is 2.24. The van der Waals surface area contributed by atoms with E-state index in [1.165, 1.54) is 24.1 Å². The van der Waals surface area contributed by atoms with Crippen molar-refractivity contribution in [1.29, 1.82) is 0 Å². The van der Waals surface area contributed by atoms with Crippen LogP contribution in [0, 0.1) is 5.82 Å². The highest BCUT2D eigenvalue weighted by molar-refractivity contribution is 6.30. The molecule has 3 aromatic rings. The number of esters is 1. The number of halogens is 3. The summed E-state index contributed by atoms with van der Waals surface area (Å²) in [5, 5.41) is 11.1. The van der Waals surface area contributed by atoms with E-state index >= 15 is 0 Å². The molecule has 1 unspecified atom stereocenters. The minimum atomic E-state index is -0.788. The Hall–Kier alpha value is -2.39. The zero-order chi connectivity index (χ0) is 22.1. The number of nitrogens with zero attached hydrogens (tertiary/aromatic N) is 1. The standard InChI is InChI=1S/C22H23ClFN3O4.ClH/c1-31-21(29)16-10-18-19(11-17(16)24)27(22(30)25-18)15-6-8-26(9-7-15)12-20(28)13-2-4-14(23)5-3-13;/h2-5,10-11,15,20,28H,6-9,12H2,1H3,(H,25,30);1H. The molecule has 0 amide bonds. The Labute approximate surface area is 195 Å². The van der Waals surface area contributed by atoms with Crippen molar-refractivity contribution in [2.24, 2.45) is 0 Å². The number of carbonyl (C=O) groups is 1. The van der Waals surface area contributed by atoms with Gasteiger partial charge in [0.05, 0.1) is 36.8 Å². The second-order valence-corrected chi connectivity index (χ2v) is 8.33. The fraction of sp³-hybridized carbons (Fsp3) is 0.364. The summed E-state index contributed by atoms with van der Waals surface area (Å²) in [6, 6.07) is 9.61. The minimum absolute atomic E-state index is 0. The van der Waals surface area contributed by atoms with E-state index in [1.54, 1.807) is 16.7 Å². The molecule has 0 bridgehead atoms. The number of aromatic amines is 1. The number of hydrogen-bond acceptors (Lipinski definition) is 4. The third-order valence-corrected chi connectivity index (χ3v) is 6.23. The smallest absolute Gasteiger partial charge is 0.340 e. The third-order valence-electron chi connectivity index (χ3n) is 5.97. The molecule has 1 saturated heterocycles. The number of nitrogens with one attached hydrogen (secondary N) is 2. The highest BCUT2D eigenvalue weighted by Gasteiger charge is 2.28. The van der Waals surface area contributed by atoms with Crippen molar-refractivity contribution in [2.75, 3.05) is 26.7 Å². The number of aromatic nitrogens is 2. The Balaban J connectivity index is 0.00000289. The number of benzene rings is 2. The fourth-order valence-corrected chi connectivity index (χ4v) is 4.45. The number of imidazole rings is 1. The first-order valence-electron chi connectivity index (χ1n) is 10.2. The Morgan fingerprint density at radius 1 is 1.31 bits per heavy atom. The third kappa shape index (κ3) is 4.83. The molecular weight excluding hydrogens is 460 g/mol. The molecule has 0 saturated carbocycles. The maximum absolute atomic E-state index is 14.4. The van der Waals surface area contributed by atoms with E-state index in [9.17, 15) is 19.1 Å². The van der Waals surface area contributed by atoms with Crippen molar-refractivity contribution in [3.05, 3.63) is 68.8 Å². The maximum Gasteiger partial charge on any atom is 0.340 e. The van der Waals surface area contributed by atoms with Crippen molar-refractivity contribution in [3.63, 3.8) is 0 Å². The lowest BCUT2D eigenvalue weighted by atomic mass is 10.0. The van der Waals surface area contributed by atoms with Crippen molar-refractivity contribution in [3.8, 4) is 0 Å². The van der Waals surface area contributed by atoms with Gasteiger partial charge in [0, 0.05) is 30.0 Å². The SMILES string of the molecule is COC(=O)c1cc2[nH]c(=O)n(C3CC[NH+](CC(O)c4ccc(Cl)cc4)CC3)c2cc1F.[Cl-]. The van der Waals surface area contributed by atoms with Gasteiger partial charge in [-0.15, -0.1) is 0 Å². The van der Waals surface area contributed by atoms with E-state index < -0.39 is 17.9 Å². The normalized spacial score (nSPS) is 19.4. The topological polar surface area (TPSA) is 88.8 Å². The van der Waals surface area contributed by atoms with E-state index in [-0.39, 0.29) is 29.7 Å². The predicted octanol–water partition coefficient (Wildman–Crippen LogP) is -1.13. The van der Waals surface area contributed by atoms with Crippen LogP contribution in [0.2, 0.25) is 5.02 Å². The molecule has 4 rings (SSSR count). The van der Waals surface area contributed by atoms with E-state index in [2.05, 4.69) is 9.72 Å². The van der Waals surface area contributed by atoms with E-state index in [1.807, 2.05) is 12.1 Å². The monoisotopic (exact) mass is 483 g/mol. The molecule has 0 aliphatic carbocycles. The molecule has 172 valence electrons. The summed E-state index contributed by atoms with van der Waals surface area (Å²) in [5.41, 5.74) is 1.12. The van der Waals surface area contributed by atoms with E-state index in [4.69, 9.17) is 11.6 Å². The number of aliphatic hydroxyl groups excluding tert-OH is 1. The number of H-pyrrole nitrogens is 1. The van der Waals surface area contributed by atoms with E-state index in [0.717, 1.165) is 31.5 Å². The van der Waals surface area contributed by atoms with Crippen molar-refractivity contribution < 1.29 is 36.3 Å². The molecule has 10 heteroatoms. The Kier molecular flexibility index (Phi) is 7.61. The molecule has 1 aliphatic rings. The van der Waals surface area contributed by atoms with Crippen LogP contribution in [0.3, 0.4) is 0 Å². The fourth-order valence-electron chi connectivity index (χ4n) is 4.33. The second-order valence-electron chi connectivity index (χ2n) is 7.89. The Morgan fingerprint density at radius 2 is 1.97 bits per heavy atom. The van der Waals surface area contributed by atoms with Crippen molar-refractivity contribution in [2.45, 2.75) is 25.0 Å². The number of aliphatic hydroxyl groups is 1. The molecule has 1 aliphatic heterocycles. The van der Waals surface area contributed by atoms with Crippen LogP contribution in [-0.4, -0.2) is 47.4 Å². The number of likely N-dealkylation sites (tertiary alicyclic amines) is 1. The zero-order valence-corrected chi connectivity index (χ0v) is 18.9. The second kappa shape index (κ2) is 10.0. The first-order chi connectivity index (χ1) is 14.9. The molecule has 3 N–H and O–H groups in total. The number of methoxy groups -OCH3 is 1. The summed E-state index contributed by atoms with van der Waals surface area (Å²) in [4.78, 5) is 28.3. The summed E-state index contributed by atoms with van der Waals surface area (Å²) in [5.74, 6) is -1.51. The van der Waals surface area contributed by atoms with Gasteiger partial charge in [0.2, 0.25) is 0 Å². The van der Waals surface area contributed by atoms with Crippen LogP contribution in [0.1, 0.15) is 40.9 Å². The highest BCUT2D eigenvalue weighted by atomic mass is 35.5. The van der Waals surface area contributed by atoms with Gasteiger partial charge in [-0.05, 0) is 23.8 Å². The van der Waals surface area contributed by atoms with Gasteiger partial charge >= 0.3 is 11.7 Å². The molecule has 0 radical (unpaired) electrons. The van der Waals surface area contributed by atoms with Gasteiger partial charge < -0.3 is 32.1 Å². The van der Waals surface area contributed by atoms with Crippen molar-refractivity contribution >= 4 is 28.6 Å². The van der Waals surface area contributed by atoms with Gasteiger partial charge in [0.25, 0.3) is 0 Å². The van der Waals surface area contributed by atoms with Gasteiger partial charge in [0.1, 0.15) is 18.5 Å². The number of quaternary nitrogens is 1. The predicted molar refractivity (Wildman–Crippen MR) is 114 cm³/mol. The first-order valence-corrected chi connectivity index (χ1v) is 10.5. The number of rotatable bonds is 5. The van der Waals surface area contributed by atoms with Crippen LogP contribution in [0.5, 0.6) is 0 Å². The molecule has 2 heterocycles. The average Bonchev–Trinajstić information content (AvgIpc) is 3.08. The quantitative estimate of drug-likeness (QED) is 0.400. The van der Waals surface area contributed by atoms with Crippen molar-refractivity contribution in [1.82, 2.24) is 9.55 Å². The van der Waals surface area contributed by atoms with Gasteiger partial charge in [-0.1, -0.05) is 23.7 Å². The number of ether oxygens (including phenoxy) is 1. The van der Waals surface area contributed by atoms with Crippen LogP contribution in [0.25, 0.3) is 11.0 Å². The molecule has 1 aromatic heterocycles. The lowest BCUT2D eigenvalue weighted by Gasteiger charge is -2.31. The van der Waals surface area contributed by atoms with Crippen LogP contribution < -0.4 is 23.0 Å².